The van der Waals surface area contributed by atoms with Gasteiger partial charge in [0.1, 0.15) is 11.5 Å². The van der Waals surface area contributed by atoms with Crippen molar-refractivity contribution in [2.45, 2.75) is 26.7 Å². The van der Waals surface area contributed by atoms with E-state index < -0.39 is 5.97 Å². The van der Waals surface area contributed by atoms with Gasteiger partial charge in [-0.2, -0.15) is 5.10 Å². The summed E-state index contributed by atoms with van der Waals surface area (Å²) in [5.74, 6) is 0.0795. The van der Waals surface area contributed by atoms with Crippen LogP contribution in [0.4, 0.5) is 5.69 Å². The molecule has 2 N–H and O–H groups in total. The number of anilines is 1. The highest BCUT2D eigenvalue weighted by Crippen LogP contribution is 2.25. The first-order valence-electron chi connectivity index (χ1n) is 7.62. The number of carbonyl (C=O) groups excluding carboxylic acids is 1. The minimum absolute atomic E-state index is 0.101. The van der Waals surface area contributed by atoms with Gasteiger partial charge in [-0.15, -0.1) is 0 Å². The van der Waals surface area contributed by atoms with Crippen LogP contribution in [0.3, 0.4) is 0 Å². The van der Waals surface area contributed by atoms with Gasteiger partial charge in [0, 0.05) is 23.0 Å². The van der Waals surface area contributed by atoms with Crippen molar-refractivity contribution in [1.29, 1.82) is 0 Å². The molecule has 0 aliphatic carbocycles. The van der Waals surface area contributed by atoms with Gasteiger partial charge in [0.05, 0.1) is 16.4 Å². The Hall–Kier alpha value is -2.09. The molecule has 6 nitrogen and oxygen atoms in total. The Balaban J connectivity index is 2.00. The average molecular weight is 413 g/mol. The summed E-state index contributed by atoms with van der Waals surface area (Å²) in [4.78, 5) is 10.5. The molecule has 138 valence electrons. The van der Waals surface area contributed by atoms with Gasteiger partial charge < -0.3 is 19.6 Å². The van der Waals surface area contributed by atoms with Crippen LogP contribution in [0.1, 0.15) is 30.4 Å². The van der Waals surface area contributed by atoms with Crippen molar-refractivity contribution in [1.82, 2.24) is 5.43 Å². The van der Waals surface area contributed by atoms with Crippen LogP contribution in [0.5, 0.6) is 0 Å². The third kappa shape index (κ3) is 5.72. The summed E-state index contributed by atoms with van der Waals surface area (Å²) in [6.07, 6.45) is 0.162. The number of thiocarbonyl (C=S) groups is 1. The van der Waals surface area contributed by atoms with Crippen LogP contribution >= 0.6 is 35.4 Å². The van der Waals surface area contributed by atoms with E-state index in [2.05, 4.69) is 15.8 Å². The van der Waals surface area contributed by atoms with Gasteiger partial charge in [-0.1, -0.05) is 23.2 Å². The summed E-state index contributed by atoms with van der Waals surface area (Å²) < 4.78 is 5.54. The van der Waals surface area contributed by atoms with Gasteiger partial charge in [-0.05, 0) is 56.8 Å². The van der Waals surface area contributed by atoms with Crippen molar-refractivity contribution in [3.63, 3.8) is 0 Å². The number of nitrogens with one attached hydrogen (secondary N) is 2. The average Bonchev–Trinajstić information content (AvgIpc) is 2.94. The first kappa shape index (κ1) is 20.2. The Morgan fingerprint density at radius 3 is 2.73 bits per heavy atom. The van der Waals surface area contributed by atoms with Crippen LogP contribution < -0.4 is 15.8 Å². The number of furan rings is 1. The number of benzene rings is 1. The van der Waals surface area contributed by atoms with Crippen molar-refractivity contribution in [3.05, 3.63) is 51.4 Å². The molecule has 0 aliphatic rings. The minimum Gasteiger partial charge on any atom is -0.550 e. The number of hydrogen-bond donors (Lipinski definition) is 2. The molecule has 0 bridgehead atoms. The Morgan fingerprint density at radius 1 is 1.35 bits per heavy atom. The fraction of sp³-hybridized carbons (Fsp3) is 0.235. The van der Waals surface area contributed by atoms with Crippen LogP contribution in [0.15, 0.2) is 33.8 Å². The highest BCUT2D eigenvalue weighted by Gasteiger charge is 2.11. The molecule has 0 amide bonds. The number of carboxylic acids is 1. The molecule has 9 heteroatoms. The molecule has 2 aromatic rings. The summed E-state index contributed by atoms with van der Waals surface area (Å²) in [6, 6.07) is 6.76. The molecule has 26 heavy (non-hydrogen) atoms. The largest absolute Gasteiger partial charge is 0.550 e. The molecule has 0 unspecified atom stereocenters. The van der Waals surface area contributed by atoms with E-state index in [0.717, 1.165) is 5.56 Å². The predicted octanol–water partition coefficient (Wildman–Crippen LogP) is 3.29. The minimum atomic E-state index is -1.12. The lowest BCUT2D eigenvalue weighted by molar-refractivity contribution is -0.305. The van der Waals surface area contributed by atoms with Crippen LogP contribution in [0.2, 0.25) is 10.0 Å². The molecule has 0 saturated carbocycles. The molecular formula is C17H16Cl2N3O3S-. The molecule has 1 aromatic carbocycles. The number of carbonyl (C=O) groups is 1. The molecule has 2 rings (SSSR count). The highest BCUT2D eigenvalue weighted by molar-refractivity contribution is 7.80. The van der Waals surface area contributed by atoms with Gasteiger partial charge in [-0.3, -0.25) is 5.43 Å². The number of hydrogen-bond acceptors (Lipinski definition) is 5. The summed E-state index contributed by atoms with van der Waals surface area (Å²) in [6.45, 7) is 3.56. The maximum atomic E-state index is 10.5. The Kier molecular flexibility index (Phi) is 7.02. The van der Waals surface area contributed by atoms with E-state index in [1.165, 1.54) is 0 Å². The zero-order valence-electron chi connectivity index (χ0n) is 14.1. The first-order chi connectivity index (χ1) is 12.3. The second kappa shape index (κ2) is 9.02. The van der Waals surface area contributed by atoms with Crippen molar-refractivity contribution in [3.8, 4) is 0 Å². The van der Waals surface area contributed by atoms with E-state index in [0.29, 0.717) is 33.0 Å². The number of aliphatic carboxylic acids is 1. The molecule has 0 radical (unpaired) electrons. The predicted molar refractivity (Wildman–Crippen MR) is 105 cm³/mol. The molecule has 0 aliphatic heterocycles. The third-order valence-electron chi connectivity index (χ3n) is 3.44. The number of halogens is 2. The summed E-state index contributed by atoms with van der Waals surface area (Å²) >= 11 is 17.1. The standard InChI is InChI=1S/C17H17Cl2N3O3S/c1-9(13-8-12(25-10(13)2)4-6-16(23)24)21-22-17(26)20-15-5-3-11(18)7-14(15)19/h3,5,7-8H,4,6H2,1-2H3,(H,23,24)(H2,20,22,26)/p-1/b21-9-. The van der Waals surface area contributed by atoms with Crippen LogP contribution in [0.25, 0.3) is 0 Å². The molecule has 0 saturated heterocycles. The third-order valence-corrected chi connectivity index (χ3v) is 4.18. The van der Waals surface area contributed by atoms with E-state index in [9.17, 15) is 9.90 Å². The second-order valence-corrected chi connectivity index (χ2v) is 6.69. The molecule has 1 heterocycles. The Labute approximate surface area is 166 Å². The summed E-state index contributed by atoms with van der Waals surface area (Å²) in [5.41, 5.74) is 4.73. The van der Waals surface area contributed by atoms with E-state index in [4.69, 9.17) is 39.8 Å². The van der Waals surface area contributed by atoms with Crippen molar-refractivity contribution >= 4 is 57.9 Å². The van der Waals surface area contributed by atoms with E-state index in [1.807, 2.05) is 0 Å². The lowest BCUT2D eigenvalue weighted by Crippen LogP contribution is -2.25. The van der Waals surface area contributed by atoms with Crippen LogP contribution in [-0.2, 0) is 11.2 Å². The molecule has 1 aromatic heterocycles. The highest BCUT2D eigenvalue weighted by atomic mass is 35.5. The number of hydrazone groups is 1. The molecule has 0 atom stereocenters. The van der Waals surface area contributed by atoms with Gasteiger partial charge >= 0.3 is 0 Å². The van der Waals surface area contributed by atoms with Gasteiger partial charge in [-0.25, -0.2) is 0 Å². The topological polar surface area (TPSA) is 89.7 Å². The normalized spacial score (nSPS) is 11.3. The number of nitrogens with zero attached hydrogens (tertiary/aromatic N) is 1. The Bertz CT molecular complexity index is 865. The molecule has 0 spiro atoms. The lowest BCUT2D eigenvalue weighted by atomic mass is 10.1. The van der Waals surface area contributed by atoms with Crippen molar-refractivity contribution in [2.75, 3.05) is 5.32 Å². The zero-order valence-corrected chi connectivity index (χ0v) is 16.4. The summed E-state index contributed by atoms with van der Waals surface area (Å²) in [5, 5.41) is 18.9. The maximum Gasteiger partial charge on any atom is 0.191 e. The van der Waals surface area contributed by atoms with Crippen LogP contribution in [0, 0.1) is 6.92 Å². The first-order valence-corrected chi connectivity index (χ1v) is 8.78. The van der Waals surface area contributed by atoms with Gasteiger partial charge in [0.15, 0.2) is 5.11 Å². The van der Waals surface area contributed by atoms with Crippen molar-refractivity contribution < 1.29 is 14.3 Å². The zero-order chi connectivity index (χ0) is 19.3. The number of carboxylic acid groups (broad SMARTS) is 1. The Morgan fingerprint density at radius 2 is 2.08 bits per heavy atom. The fourth-order valence-electron chi connectivity index (χ4n) is 2.19. The lowest BCUT2D eigenvalue weighted by Gasteiger charge is -2.09. The van der Waals surface area contributed by atoms with Gasteiger partial charge in [0.2, 0.25) is 0 Å². The number of aryl methyl sites for hydroxylation is 2. The molecule has 0 fully saturated rings. The SMILES string of the molecule is C/C(=N/NC(=S)Nc1ccc(Cl)cc1Cl)c1cc(CCC(=O)[O-])oc1C. The monoisotopic (exact) mass is 412 g/mol. The van der Waals surface area contributed by atoms with E-state index in [-0.39, 0.29) is 18.0 Å². The van der Waals surface area contributed by atoms with Gasteiger partial charge in [0.25, 0.3) is 0 Å². The number of rotatable bonds is 6. The summed E-state index contributed by atoms with van der Waals surface area (Å²) in [7, 11) is 0. The smallest absolute Gasteiger partial charge is 0.191 e. The van der Waals surface area contributed by atoms with E-state index >= 15 is 0 Å². The van der Waals surface area contributed by atoms with Crippen molar-refractivity contribution in [2.24, 2.45) is 5.10 Å². The van der Waals surface area contributed by atoms with E-state index in [1.54, 1.807) is 38.1 Å². The maximum absolute atomic E-state index is 10.5. The molecular weight excluding hydrogens is 397 g/mol. The fourth-order valence-corrected chi connectivity index (χ4v) is 2.80. The second-order valence-electron chi connectivity index (χ2n) is 5.44. The van der Waals surface area contributed by atoms with Crippen LogP contribution in [-0.4, -0.2) is 16.8 Å². The quantitative estimate of drug-likeness (QED) is 0.429.